The molecule has 1 heterocycles. The average molecular weight is 413 g/mol. The first-order valence-electron chi connectivity index (χ1n) is 7.93. The summed E-state index contributed by atoms with van der Waals surface area (Å²) in [6, 6.07) is 14.4. The molecule has 0 aliphatic heterocycles. The summed E-state index contributed by atoms with van der Waals surface area (Å²) in [5.74, 6) is -0.423. The molecule has 0 atom stereocenters. The van der Waals surface area contributed by atoms with Crippen LogP contribution in [0.25, 0.3) is 5.69 Å². The zero-order valence-electron chi connectivity index (χ0n) is 14.3. The number of anilines is 1. The van der Waals surface area contributed by atoms with Gasteiger partial charge in [-0.3, -0.25) is 9.59 Å². The van der Waals surface area contributed by atoms with E-state index in [-0.39, 0.29) is 11.8 Å². The second-order valence-corrected chi connectivity index (χ2v) is 6.56. The number of nitrogens with zero attached hydrogens (tertiary/aromatic N) is 2. The molecule has 0 unspecified atom stereocenters. The number of nitrogens with one attached hydrogen (secondary N) is 2. The first kappa shape index (κ1) is 17.9. The van der Waals surface area contributed by atoms with E-state index in [4.69, 9.17) is 0 Å². The third-order valence-corrected chi connectivity index (χ3v) is 4.49. The molecule has 0 saturated carbocycles. The Labute approximate surface area is 159 Å². The third-order valence-electron chi connectivity index (χ3n) is 3.96. The third kappa shape index (κ3) is 3.67. The van der Waals surface area contributed by atoms with Crippen LogP contribution in [0.15, 0.2) is 59.2 Å². The minimum Gasteiger partial charge on any atom is -0.355 e. The van der Waals surface area contributed by atoms with E-state index in [9.17, 15) is 9.59 Å². The minimum absolute atomic E-state index is 0.172. The van der Waals surface area contributed by atoms with E-state index in [0.717, 1.165) is 15.9 Å². The summed E-state index contributed by atoms with van der Waals surface area (Å²) >= 11 is 3.40. The molecule has 2 amide bonds. The van der Waals surface area contributed by atoms with Crippen LogP contribution in [0.4, 0.5) is 5.69 Å². The highest BCUT2D eigenvalue weighted by Crippen LogP contribution is 2.18. The molecular weight excluding hydrogens is 396 g/mol. The maximum atomic E-state index is 12.6. The van der Waals surface area contributed by atoms with Gasteiger partial charge in [0.15, 0.2) is 0 Å². The first-order valence-corrected chi connectivity index (χ1v) is 8.73. The molecule has 3 aromatic rings. The molecule has 6 nitrogen and oxygen atoms in total. The van der Waals surface area contributed by atoms with Crippen LogP contribution in [0.2, 0.25) is 0 Å². The second-order valence-electron chi connectivity index (χ2n) is 5.64. The molecule has 0 aliphatic carbocycles. The van der Waals surface area contributed by atoms with Gasteiger partial charge in [-0.15, -0.1) is 0 Å². The minimum atomic E-state index is -0.251. The molecule has 2 N–H and O–H groups in total. The number of carbonyl (C=O) groups excluding carboxylic acids is 2. The SMILES string of the molecule is CNC(=O)c1ccc(NC(=O)c2cnn(-c3ccc(Br)cc3)c2C)cc1. The van der Waals surface area contributed by atoms with Gasteiger partial charge in [-0.2, -0.15) is 5.10 Å². The highest BCUT2D eigenvalue weighted by molar-refractivity contribution is 9.10. The maximum Gasteiger partial charge on any atom is 0.259 e. The van der Waals surface area contributed by atoms with E-state index in [1.165, 1.54) is 0 Å². The maximum absolute atomic E-state index is 12.6. The number of amides is 2. The summed E-state index contributed by atoms with van der Waals surface area (Å²) in [5.41, 5.74) is 3.25. The Hall–Kier alpha value is -2.93. The highest BCUT2D eigenvalue weighted by atomic mass is 79.9. The highest BCUT2D eigenvalue weighted by Gasteiger charge is 2.15. The number of benzene rings is 2. The van der Waals surface area contributed by atoms with Crippen molar-refractivity contribution < 1.29 is 9.59 Å². The molecule has 1 aromatic heterocycles. The van der Waals surface area contributed by atoms with Gasteiger partial charge in [-0.05, 0) is 55.5 Å². The van der Waals surface area contributed by atoms with Gasteiger partial charge in [0.05, 0.1) is 23.1 Å². The molecule has 0 spiro atoms. The summed E-state index contributed by atoms with van der Waals surface area (Å²) in [7, 11) is 1.57. The van der Waals surface area contributed by atoms with Crippen molar-refractivity contribution in [1.29, 1.82) is 0 Å². The summed E-state index contributed by atoms with van der Waals surface area (Å²) < 4.78 is 2.69. The lowest BCUT2D eigenvalue weighted by molar-refractivity contribution is 0.0962. The van der Waals surface area contributed by atoms with Gasteiger partial charge in [-0.25, -0.2) is 4.68 Å². The molecule has 26 heavy (non-hydrogen) atoms. The summed E-state index contributed by atoms with van der Waals surface area (Å²) in [5, 5.41) is 9.70. The van der Waals surface area contributed by atoms with Crippen molar-refractivity contribution in [2.24, 2.45) is 0 Å². The Morgan fingerprint density at radius 2 is 1.65 bits per heavy atom. The summed E-state index contributed by atoms with van der Waals surface area (Å²) in [6.45, 7) is 1.85. The van der Waals surface area contributed by atoms with E-state index in [1.54, 1.807) is 42.2 Å². The fourth-order valence-electron chi connectivity index (χ4n) is 2.52. The van der Waals surface area contributed by atoms with Gasteiger partial charge in [0.1, 0.15) is 0 Å². The smallest absolute Gasteiger partial charge is 0.259 e. The predicted octanol–water partition coefficient (Wildman–Crippen LogP) is 3.56. The number of halogens is 1. The summed E-state index contributed by atoms with van der Waals surface area (Å²) in [6.07, 6.45) is 1.55. The van der Waals surface area contributed by atoms with Crippen LogP contribution in [-0.4, -0.2) is 28.6 Å². The standard InChI is InChI=1S/C19H17BrN4O2/c1-12-17(11-22-24(12)16-9-5-14(20)6-10-16)19(26)23-15-7-3-13(4-8-15)18(25)21-2/h3-11H,1-2H3,(H,21,25)(H,23,26). The van der Waals surface area contributed by atoms with E-state index in [1.807, 2.05) is 31.2 Å². The number of rotatable bonds is 4. The Morgan fingerprint density at radius 3 is 2.27 bits per heavy atom. The zero-order valence-corrected chi connectivity index (χ0v) is 15.9. The van der Waals surface area contributed by atoms with Crippen molar-refractivity contribution in [3.8, 4) is 5.69 Å². The van der Waals surface area contributed by atoms with Gasteiger partial charge in [-0.1, -0.05) is 15.9 Å². The average Bonchev–Trinajstić information content (AvgIpc) is 3.04. The molecule has 132 valence electrons. The quantitative estimate of drug-likeness (QED) is 0.687. The van der Waals surface area contributed by atoms with Crippen LogP contribution in [0.1, 0.15) is 26.4 Å². The van der Waals surface area contributed by atoms with Crippen LogP contribution >= 0.6 is 15.9 Å². The molecular formula is C19H17BrN4O2. The van der Waals surface area contributed by atoms with Crippen molar-refractivity contribution in [2.45, 2.75) is 6.92 Å². The second kappa shape index (κ2) is 7.53. The molecule has 2 aromatic carbocycles. The largest absolute Gasteiger partial charge is 0.355 e. The van der Waals surface area contributed by atoms with Gasteiger partial charge in [0.2, 0.25) is 0 Å². The van der Waals surface area contributed by atoms with Crippen molar-refractivity contribution in [3.05, 3.63) is 76.0 Å². The topological polar surface area (TPSA) is 76.0 Å². The van der Waals surface area contributed by atoms with E-state index in [0.29, 0.717) is 16.8 Å². The lowest BCUT2D eigenvalue weighted by Gasteiger charge is -2.07. The van der Waals surface area contributed by atoms with Crippen molar-refractivity contribution >= 4 is 33.4 Å². The Bertz CT molecular complexity index is 947. The number of hydrogen-bond acceptors (Lipinski definition) is 3. The lowest BCUT2D eigenvalue weighted by atomic mass is 10.2. The fourth-order valence-corrected chi connectivity index (χ4v) is 2.79. The fraction of sp³-hybridized carbons (Fsp3) is 0.105. The van der Waals surface area contributed by atoms with E-state index in [2.05, 4.69) is 31.7 Å². The number of carbonyl (C=O) groups is 2. The Kier molecular flexibility index (Phi) is 5.18. The van der Waals surface area contributed by atoms with Crippen LogP contribution in [0, 0.1) is 6.92 Å². The predicted molar refractivity (Wildman–Crippen MR) is 104 cm³/mol. The van der Waals surface area contributed by atoms with E-state index < -0.39 is 0 Å². The normalized spacial score (nSPS) is 10.4. The zero-order chi connectivity index (χ0) is 18.7. The molecule has 0 aliphatic rings. The van der Waals surface area contributed by atoms with Crippen LogP contribution in [0.3, 0.4) is 0 Å². The van der Waals surface area contributed by atoms with Gasteiger partial charge in [0, 0.05) is 22.8 Å². The van der Waals surface area contributed by atoms with E-state index >= 15 is 0 Å². The first-order chi connectivity index (χ1) is 12.5. The van der Waals surface area contributed by atoms with Gasteiger partial charge in [0.25, 0.3) is 11.8 Å². The number of hydrogen-bond donors (Lipinski definition) is 2. The van der Waals surface area contributed by atoms with Crippen molar-refractivity contribution in [3.63, 3.8) is 0 Å². The molecule has 0 fully saturated rings. The van der Waals surface area contributed by atoms with Gasteiger partial charge < -0.3 is 10.6 Å². The van der Waals surface area contributed by atoms with Crippen LogP contribution in [0.5, 0.6) is 0 Å². The summed E-state index contributed by atoms with van der Waals surface area (Å²) in [4.78, 5) is 24.1. The number of aromatic nitrogens is 2. The molecule has 7 heteroatoms. The molecule has 0 saturated heterocycles. The Morgan fingerprint density at radius 1 is 1.00 bits per heavy atom. The van der Waals surface area contributed by atoms with Crippen LogP contribution in [-0.2, 0) is 0 Å². The van der Waals surface area contributed by atoms with Gasteiger partial charge >= 0.3 is 0 Å². The monoisotopic (exact) mass is 412 g/mol. The van der Waals surface area contributed by atoms with Crippen LogP contribution < -0.4 is 10.6 Å². The molecule has 3 rings (SSSR count). The lowest BCUT2D eigenvalue weighted by Crippen LogP contribution is -2.18. The van der Waals surface area contributed by atoms with Crippen molar-refractivity contribution in [1.82, 2.24) is 15.1 Å². The molecule has 0 radical (unpaired) electrons. The Balaban J connectivity index is 1.78. The van der Waals surface area contributed by atoms with Crippen molar-refractivity contribution in [2.75, 3.05) is 12.4 Å². The molecule has 0 bridgehead atoms.